The number of hydrogen-bond acceptors (Lipinski definition) is 7. The molecule has 0 aromatic carbocycles. The van der Waals surface area contributed by atoms with Gasteiger partial charge in [-0.05, 0) is 0 Å². The van der Waals surface area contributed by atoms with Crippen LogP contribution in [0, 0.1) is 0 Å². The lowest BCUT2D eigenvalue weighted by atomic mass is 10.9. The topological polar surface area (TPSA) is 194 Å². The molecule has 1 saturated heterocycles. The Morgan fingerprint density at radius 2 is 1.76 bits per heavy atom. The van der Waals surface area contributed by atoms with Gasteiger partial charge in [0.1, 0.15) is 18.3 Å². The predicted molar refractivity (Wildman–Crippen MR) is 52.5 cm³/mol. The molecule has 0 radical (unpaired) electrons. The van der Waals surface area contributed by atoms with E-state index in [2.05, 4.69) is 4.52 Å². The Balaban J connectivity index is 0.00000256. The summed E-state index contributed by atoms with van der Waals surface area (Å²) < 4.78 is 19.2. The fraction of sp³-hybridized carbons (Fsp3) is 1.00. The molecule has 11 heteroatoms. The number of hydrogen-bond donors (Lipinski definition) is 6. The van der Waals surface area contributed by atoms with E-state index in [9.17, 15) is 19.9 Å². The van der Waals surface area contributed by atoms with Crippen molar-refractivity contribution in [3.05, 3.63) is 0 Å². The largest absolute Gasteiger partial charge is 0.469 e. The SMILES string of the molecule is N[13CH]1[13CH](O)O[13CH]([13CH2]OP(=O)(O)O)[13CH](O)[13CH]1O.O. The van der Waals surface area contributed by atoms with Crippen LogP contribution in [0.2, 0.25) is 0 Å². The van der Waals surface area contributed by atoms with E-state index in [0.717, 1.165) is 0 Å². The summed E-state index contributed by atoms with van der Waals surface area (Å²) in [5, 5.41) is 28.0. The Bertz CT molecular complexity index is 283. The summed E-state index contributed by atoms with van der Waals surface area (Å²) in [5.41, 5.74) is 5.28. The highest BCUT2D eigenvalue weighted by Crippen LogP contribution is 2.36. The summed E-state index contributed by atoms with van der Waals surface area (Å²) in [4.78, 5) is 16.8. The zero-order valence-corrected chi connectivity index (χ0v) is 9.47. The molecule has 5 atom stereocenters. The van der Waals surface area contributed by atoms with Crippen LogP contribution in [0.3, 0.4) is 0 Å². The third-order valence-electron chi connectivity index (χ3n) is 2.18. The van der Waals surface area contributed by atoms with Crippen molar-refractivity contribution >= 4 is 7.82 Å². The van der Waals surface area contributed by atoms with Gasteiger partial charge in [0, 0.05) is 0 Å². The number of phosphoric ester groups is 1. The Labute approximate surface area is 96.1 Å². The molecule has 1 rings (SSSR count). The smallest absolute Gasteiger partial charge is 0.412 e. The number of nitrogens with two attached hydrogens (primary N) is 1. The molecule has 1 fully saturated rings. The van der Waals surface area contributed by atoms with Gasteiger partial charge in [-0.25, -0.2) is 4.57 Å². The second-order valence-corrected chi connectivity index (χ2v) is 4.65. The van der Waals surface area contributed by atoms with Crippen LogP contribution in [0.5, 0.6) is 0 Å². The summed E-state index contributed by atoms with van der Waals surface area (Å²) in [6.07, 6.45) is -5.76. The van der Waals surface area contributed by atoms with E-state index >= 15 is 0 Å². The normalized spacial score (nSPS) is 38.6. The monoisotopic (exact) mass is 283 g/mol. The average molecular weight is 283 g/mol. The molecule has 17 heavy (non-hydrogen) atoms. The molecule has 0 aromatic heterocycles. The highest BCUT2D eigenvalue weighted by molar-refractivity contribution is 7.46. The first-order valence-corrected chi connectivity index (χ1v) is 5.91. The molecular weight excluding hydrogens is 267 g/mol. The summed E-state index contributed by atoms with van der Waals surface area (Å²) in [7, 11) is -4.70. The third-order valence-corrected chi connectivity index (χ3v) is 2.66. The van der Waals surface area contributed by atoms with Gasteiger partial charge in [0.25, 0.3) is 0 Å². The number of rotatable bonds is 3. The summed E-state index contributed by atoms with van der Waals surface area (Å²) >= 11 is 0. The van der Waals surface area contributed by atoms with Crippen molar-refractivity contribution in [2.45, 2.75) is 30.6 Å². The van der Waals surface area contributed by atoms with Crippen molar-refractivity contribution in [2.75, 3.05) is 6.61 Å². The van der Waals surface area contributed by atoms with Gasteiger partial charge in [-0.1, -0.05) is 0 Å². The second-order valence-electron chi connectivity index (χ2n) is 3.41. The molecule has 1 heterocycles. The van der Waals surface area contributed by atoms with Crippen LogP contribution in [0.1, 0.15) is 0 Å². The average Bonchev–Trinajstić information content (AvgIpc) is 2.17. The Morgan fingerprint density at radius 1 is 1.24 bits per heavy atom. The Hall–Kier alpha value is -0.130. The van der Waals surface area contributed by atoms with Gasteiger partial charge < -0.3 is 41.1 Å². The molecule has 0 aliphatic carbocycles. The molecule has 0 aromatic rings. The van der Waals surface area contributed by atoms with E-state index in [0.29, 0.717) is 0 Å². The van der Waals surface area contributed by atoms with E-state index in [-0.39, 0.29) is 5.48 Å². The highest BCUT2D eigenvalue weighted by Gasteiger charge is 2.42. The van der Waals surface area contributed by atoms with Gasteiger partial charge in [0.2, 0.25) is 0 Å². The minimum atomic E-state index is -4.70. The quantitative estimate of drug-likeness (QED) is 0.221. The summed E-state index contributed by atoms with van der Waals surface area (Å²) in [6, 6.07) is -1.19. The maximum absolute atomic E-state index is 10.4. The zero-order chi connectivity index (χ0) is 12.5. The van der Waals surface area contributed by atoms with Crippen molar-refractivity contribution < 1.29 is 44.4 Å². The molecule has 104 valence electrons. The lowest BCUT2D eigenvalue weighted by Gasteiger charge is -2.38. The third kappa shape index (κ3) is 4.56. The van der Waals surface area contributed by atoms with Crippen molar-refractivity contribution in [3.63, 3.8) is 0 Å². The van der Waals surface area contributed by atoms with E-state index < -0.39 is 45.1 Å². The standard InChI is InChI=1S/C6H14NO8P.H2O/c7-3-5(9)4(8)2(15-6(3)10)1-14-16(11,12)13;/h2-6,8-10H,1,7H2,(H2,11,12,13);1H2/i1+1,2+1,3+1,4+1,5+1,6+1;. The zero-order valence-electron chi connectivity index (χ0n) is 8.58. The Kier molecular flexibility index (Phi) is 6.11. The highest BCUT2D eigenvalue weighted by atomic mass is 31.2. The van der Waals surface area contributed by atoms with Crippen molar-refractivity contribution in [2.24, 2.45) is 5.73 Å². The number of ether oxygens (including phenoxy) is 1. The van der Waals surface area contributed by atoms with Crippen LogP contribution < -0.4 is 5.73 Å². The lowest BCUT2D eigenvalue weighted by Crippen LogP contribution is -2.61. The maximum atomic E-state index is 10.4. The van der Waals surface area contributed by atoms with Crippen LogP contribution in [0.25, 0.3) is 0 Å². The number of phosphoric acid groups is 1. The first-order chi connectivity index (χ1) is 7.22. The van der Waals surface area contributed by atoms with Crippen molar-refractivity contribution in [1.82, 2.24) is 0 Å². The van der Waals surface area contributed by atoms with Gasteiger partial charge >= 0.3 is 7.82 Å². The van der Waals surface area contributed by atoms with E-state index in [4.69, 9.17) is 20.3 Å². The molecule has 1 aliphatic heterocycles. The van der Waals surface area contributed by atoms with Crippen molar-refractivity contribution in [1.29, 1.82) is 0 Å². The van der Waals surface area contributed by atoms with E-state index in [1.54, 1.807) is 0 Å². The second kappa shape index (κ2) is 6.16. The maximum Gasteiger partial charge on any atom is 0.469 e. The minimum Gasteiger partial charge on any atom is -0.412 e. The first kappa shape index (κ1) is 16.9. The molecule has 9 N–H and O–H groups in total. The van der Waals surface area contributed by atoms with Crippen LogP contribution in [-0.2, 0) is 13.8 Å². The first-order valence-electron chi connectivity index (χ1n) is 4.37. The van der Waals surface area contributed by atoms with Crippen molar-refractivity contribution in [3.8, 4) is 0 Å². The van der Waals surface area contributed by atoms with Gasteiger partial charge in [-0.15, -0.1) is 0 Å². The lowest BCUT2D eigenvalue weighted by molar-refractivity contribution is -0.247. The molecule has 5 unspecified atom stereocenters. The minimum absolute atomic E-state index is 0. The fourth-order valence-electron chi connectivity index (χ4n) is 1.28. The molecule has 0 bridgehead atoms. The van der Waals surface area contributed by atoms with Gasteiger partial charge in [0.15, 0.2) is 6.29 Å². The van der Waals surface area contributed by atoms with E-state index in [1.807, 2.05) is 0 Å². The Morgan fingerprint density at radius 3 is 2.24 bits per heavy atom. The molecule has 10 nitrogen and oxygen atoms in total. The molecule has 0 saturated carbocycles. The molecular formula is C6H16NO9P. The van der Waals surface area contributed by atoms with Crippen LogP contribution in [0.15, 0.2) is 0 Å². The van der Waals surface area contributed by atoms with Gasteiger partial charge in [0.05, 0.1) is 12.6 Å². The summed E-state index contributed by atoms with van der Waals surface area (Å²) in [5.74, 6) is 0. The molecule has 0 spiro atoms. The van der Waals surface area contributed by atoms with Crippen LogP contribution in [-0.4, -0.2) is 67.8 Å². The van der Waals surface area contributed by atoms with Crippen LogP contribution >= 0.6 is 7.82 Å². The predicted octanol–water partition coefficient (Wildman–Crippen LogP) is -3.96. The van der Waals surface area contributed by atoms with E-state index in [1.165, 1.54) is 0 Å². The summed E-state index contributed by atoms with van der Waals surface area (Å²) in [6.45, 7) is -0.674. The fourth-order valence-corrected chi connectivity index (χ4v) is 1.62. The molecule has 0 amide bonds. The number of aliphatic hydroxyl groups excluding tert-OH is 3. The number of aliphatic hydroxyl groups is 3. The molecule has 1 aliphatic rings. The van der Waals surface area contributed by atoms with Crippen LogP contribution in [0.4, 0.5) is 0 Å². The van der Waals surface area contributed by atoms with Gasteiger partial charge in [-0.3, -0.25) is 4.52 Å². The van der Waals surface area contributed by atoms with Gasteiger partial charge in [-0.2, -0.15) is 0 Å².